The van der Waals surface area contributed by atoms with Crippen LogP contribution in [0.2, 0.25) is 0 Å². The maximum atomic E-state index is 12.3. The number of nitro benzene ring substituents is 1. The Labute approximate surface area is 136 Å². The second kappa shape index (κ2) is 6.78. The van der Waals surface area contributed by atoms with Crippen LogP contribution in [0.15, 0.2) is 65.5 Å². The standard InChI is InChI=1S/C16H14N4O4/c21-16(12-4-1-5-13(10-12)20(22)23)17-11-14(15-6-2-9-24-15)19-8-3-7-18-19/h1-10,14H,11H2,(H,17,21). The molecule has 0 fully saturated rings. The van der Waals surface area contributed by atoms with Crippen molar-refractivity contribution in [3.05, 3.63) is 82.6 Å². The fourth-order valence-corrected chi connectivity index (χ4v) is 2.32. The molecule has 1 N–H and O–H groups in total. The van der Waals surface area contributed by atoms with Crippen molar-refractivity contribution in [2.24, 2.45) is 0 Å². The number of amides is 1. The van der Waals surface area contributed by atoms with Gasteiger partial charge in [0.1, 0.15) is 11.8 Å². The van der Waals surface area contributed by atoms with Crippen molar-refractivity contribution in [3.63, 3.8) is 0 Å². The van der Waals surface area contributed by atoms with E-state index in [4.69, 9.17) is 4.42 Å². The number of carbonyl (C=O) groups is 1. The summed E-state index contributed by atoms with van der Waals surface area (Å²) in [5.74, 6) is 0.250. The third-order valence-electron chi connectivity index (χ3n) is 3.49. The number of nitrogens with zero attached hydrogens (tertiary/aromatic N) is 3. The van der Waals surface area contributed by atoms with Crippen molar-refractivity contribution in [2.75, 3.05) is 6.54 Å². The highest BCUT2D eigenvalue weighted by Crippen LogP contribution is 2.18. The minimum absolute atomic E-state index is 0.127. The molecule has 0 aliphatic carbocycles. The van der Waals surface area contributed by atoms with E-state index in [0.717, 1.165) is 0 Å². The number of non-ortho nitro benzene ring substituents is 1. The molecule has 0 radical (unpaired) electrons. The number of furan rings is 1. The van der Waals surface area contributed by atoms with Gasteiger partial charge in [-0.2, -0.15) is 5.10 Å². The van der Waals surface area contributed by atoms with E-state index in [1.54, 1.807) is 41.5 Å². The lowest BCUT2D eigenvalue weighted by atomic mass is 10.1. The second-order valence-electron chi connectivity index (χ2n) is 5.03. The number of rotatable bonds is 6. The Morgan fingerprint density at radius 3 is 2.88 bits per heavy atom. The van der Waals surface area contributed by atoms with Crippen LogP contribution in [0.4, 0.5) is 5.69 Å². The summed E-state index contributed by atoms with van der Waals surface area (Å²) in [6, 6.07) is 10.6. The van der Waals surface area contributed by atoms with E-state index >= 15 is 0 Å². The predicted octanol–water partition coefficient (Wildman–Crippen LogP) is 2.40. The lowest BCUT2D eigenvalue weighted by Gasteiger charge is -2.16. The lowest BCUT2D eigenvalue weighted by molar-refractivity contribution is -0.384. The van der Waals surface area contributed by atoms with Gasteiger partial charge in [0.25, 0.3) is 11.6 Å². The highest BCUT2D eigenvalue weighted by atomic mass is 16.6. The lowest BCUT2D eigenvalue weighted by Crippen LogP contribution is -2.31. The van der Waals surface area contributed by atoms with Crippen LogP contribution < -0.4 is 5.32 Å². The third-order valence-corrected chi connectivity index (χ3v) is 3.49. The monoisotopic (exact) mass is 326 g/mol. The highest BCUT2D eigenvalue weighted by Gasteiger charge is 2.19. The van der Waals surface area contributed by atoms with E-state index in [1.807, 2.05) is 0 Å². The zero-order valence-electron chi connectivity index (χ0n) is 12.5. The first-order chi connectivity index (χ1) is 11.6. The molecule has 0 aliphatic heterocycles. The van der Waals surface area contributed by atoms with Crippen LogP contribution >= 0.6 is 0 Å². The molecule has 0 bridgehead atoms. The van der Waals surface area contributed by atoms with Gasteiger partial charge in [-0.15, -0.1) is 0 Å². The number of nitro groups is 1. The average molecular weight is 326 g/mol. The van der Waals surface area contributed by atoms with Crippen LogP contribution in [0.1, 0.15) is 22.2 Å². The number of nitrogens with one attached hydrogen (secondary N) is 1. The van der Waals surface area contributed by atoms with Crippen LogP contribution in [-0.4, -0.2) is 27.2 Å². The van der Waals surface area contributed by atoms with E-state index in [2.05, 4.69) is 10.4 Å². The van der Waals surface area contributed by atoms with E-state index in [9.17, 15) is 14.9 Å². The molecular weight excluding hydrogens is 312 g/mol. The topological polar surface area (TPSA) is 103 Å². The van der Waals surface area contributed by atoms with Gasteiger partial charge in [-0.25, -0.2) is 0 Å². The summed E-state index contributed by atoms with van der Waals surface area (Å²) >= 11 is 0. The first-order valence-electron chi connectivity index (χ1n) is 7.20. The number of hydrogen-bond acceptors (Lipinski definition) is 5. The molecule has 3 aromatic rings. The molecule has 1 atom stereocenters. The molecule has 1 amide bonds. The summed E-state index contributed by atoms with van der Waals surface area (Å²) in [6.45, 7) is 0.233. The van der Waals surface area contributed by atoms with Gasteiger partial charge in [-0.05, 0) is 24.3 Å². The SMILES string of the molecule is O=C(NCC(c1ccco1)n1cccn1)c1cccc([N+](=O)[O-])c1. The minimum atomic E-state index is -0.536. The van der Waals surface area contributed by atoms with E-state index in [1.165, 1.54) is 24.3 Å². The van der Waals surface area contributed by atoms with Gasteiger partial charge in [0.2, 0.25) is 0 Å². The Morgan fingerprint density at radius 1 is 1.33 bits per heavy atom. The van der Waals surface area contributed by atoms with Gasteiger partial charge in [-0.1, -0.05) is 6.07 Å². The molecule has 1 unspecified atom stereocenters. The third kappa shape index (κ3) is 3.32. The summed E-state index contributed by atoms with van der Waals surface area (Å²) in [4.78, 5) is 22.5. The normalized spacial score (nSPS) is 11.8. The maximum Gasteiger partial charge on any atom is 0.270 e. The Kier molecular flexibility index (Phi) is 4.37. The Bertz CT molecular complexity index is 793. The molecule has 0 saturated carbocycles. The van der Waals surface area contributed by atoms with Crippen LogP contribution in [0, 0.1) is 10.1 Å². The molecular formula is C16H14N4O4. The van der Waals surface area contributed by atoms with E-state index in [-0.39, 0.29) is 23.8 Å². The smallest absolute Gasteiger partial charge is 0.270 e. The highest BCUT2D eigenvalue weighted by molar-refractivity contribution is 5.94. The van der Waals surface area contributed by atoms with Crippen molar-refractivity contribution in [1.82, 2.24) is 15.1 Å². The van der Waals surface area contributed by atoms with Gasteiger partial charge in [0.15, 0.2) is 0 Å². The van der Waals surface area contributed by atoms with Gasteiger partial charge in [0.05, 0.1) is 11.2 Å². The molecule has 8 heteroatoms. The summed E-state index contributed by atoms with van der Waals surface area (Å²) in [5.41, 5.74) is 0.0974. The summed E-state index contributed by atoms with van der Waals surface area (Å²) in [7, 11) is 0. The van der Waals surface area contributed by atoms with Gasteiger partial charge >= 0.3 is 0 Å². The summed E-state index contributed by atoms with van der Waals surface area (Å²) in [6.07, 6.45) is 4.96. The molecule has 0 aliphatic rings. The second-order valence-corrected chi connectivity index (χ2v) is 5.03. The van der Waals surface area contributed by atoms with Crippen LogP contribution in [-0.2, 0) is 0 Å². The van der Waals surface area contributed by atoms with Crippen LogP contribution in [0.25, 0.3) is 0 Å². The molecule has 2 aromatic heterocycles. The van der Waals surface area contributed by atoms with Gasteiger partial charge in [0, 0.05) is 36.6 Å². The maximum absolute atomic E-state index is 12.3. The molecule has 8 nitrogen and oxygen atoms in total. The Hall–Kier alpha value is -3.42. The average Bonchev–Trinajstić information content (AvgIpc) is 3.29. The molecule has 3 rings (SSSR count). The van der Waals surface area contributed by atoms with Crippen molar-refractivity contribution < 1.29 is 14.1 Å². The number of hydrogen-bond donors (Lipinski definition) is 1. The predicted molar refractivity (Wildman–Crippen MR) is 84.5 cm³/mol. The van der Waals surface area contributed by atoms with Gasteiger partial charge < -0.3 is 9.73 Å². The Balaban J connectivity index is 1.74. The largest absolute Gasteiger partial charge is 0.467 e. The van der Waals surface area contributed by atoms with Crippen molar-refractivity contribution in [3.8, 4) is 0 Å². The number of aromatic nitrogens is 2. The zero-order chi connectivity index (χ0) is 16.9. The molecule has 2 heterocycles. The molecule has 0 saturated heterocycles. The fraction of sp³-hybridized carbons (Fsp3) is 0.125. The van der Waals surface area contributed by atoms with Gasteiger partial charge in [-0.3, -0.25) is 19.6 Å². The molecule has 122 valence electrons. The quantitative estimate of drug-likeness (QED) is 0.553. The molecule has 0 spiro atoms. The summed E-state index contributed by atoms with van der Waals surface area (Å²) in [5, 5.41) is 17.7. The van der Waals surface area contributed by atoms with Crippen molar-refractivity contribution in [1.29, 1.82) is 0 Å². The number of benzene rings is 1. The van der Waals surface area contributed by atoms with Crippen LogP contribution in [0.3, 0.4) is 0 Å². The molecule has 24 heavy (non-hydrogen) atoms. The zero-order valence-corrected chi connectivity index (χ0v) is 12.5. The van der Waals surface area contributed by atoms with E-state index < -0.39 is 10.8 Å². The number of carbonyl (C=O) groups excluding carboxylic acids is 1. The van der Waals surface area contributed by atoms with E-state index in [0.29, 0.717) is 5.76 Å². The summed E-state index contributed by atoms with van der Waals surface area (Å²) < 4.78 is 7.08. The van der Waals surface area contributed by atoms with Crippen molar-refractivity contribution >= 4 is 11.6 Å². The fourth-order valence-electron chi connectivity index (χ4n) is 2.32. The minimum Gasteiger partial charge on any atom is -0.467 e. The first kappa shape index (κ1) is 15.5. The first-order valence-corrected chi connectivity index (χ1v) is 7.20. The Morgan fingerprint density at radius 2 is 2.21 bits per heavy atom. The van der Waals surface area contributed by atoms with Crippen LogP contribution in [0.5, 0.6) is 0 Å². The molecule has 1 aromatic carbocycles. The van der Waals surface area contributed by atoms with Crippen molar-refractivity contribution in [2.45, 2.75) is 6.04 Å².